The van der Waals surface area contributed by atoms with Gasteiger partial charge in [0, 0.05) is 32.7 Å². The molecule has 0 radical (unpaired) electrons. The molecule has 1 unspecified atom stereocenters. The molecular formula is C25H39NO3. The highest BCUT2D eigenvalue weighted by molar-refractivity contribution is 5.13. The lowest BCUT2D eigenvalue weighted by Gasteiger charge is -2.46. The standard InChI is InChI=1S/C25H39NO3/c1-3-7-22(8-4-1)20-26-14-12-25(13-15-26)19-24(11-16-29-25)28-18-17-27-21-23-9-5-2-6-10-23/h2,5-6,9-10,22,24H,1,3-4,7-8,11-21H2. The second kappa shape index (κ2) is 10.9. The molecule has 1 aliphatic carbocycles. The smallest absolute Gasteiger partial charge is 0.0731 e. The highest BCUT2D eigenvalue weighted by Crippen LogP contribution is 2.36. The van der Waals surface area contributed by atoms with Crippen LogP contribution in [0, 0.1) is 5.92 Å². The SMILES string of the molecule is c1ccc(COCCOC2CCOC3(CCN(CC4CCCCC4)CC3)C2)cc1. The van der Waals surface area contributed by atoms with Gasteiger partial charge in [0.05, 0.1) is 31.5 Å². The predicted octanol–water partition coefficient (Wildman–Crippen LogP) is 4.81. The van der Waals surface area contributed by atoms with E-state index in [-0.39, 0.29) is 5.60 Å². The Morgan fingerprint density at radius 1 is 0.966 bits per heavy atom. The topological polar surface area (TPSA) is 30.9 Å². The lowest BCUT2D eigenvalue weighted by atomic mass is 9.82. The molecule has 1 spiro atoms. The van der Waals surface area contributed by atoms with E-state index < -0.39 is 0 Å². The van der Waals surface area contributed by atoms with Gasteiger partial charge >= 0.3 is 0 Å². The van der Waals surface area contributed by atoms with Gasteiger partial charge in [0.1, 0.15) is 0 Å². The van der Waals surface area contributed by atoms with Crippen LogP contribution in [-0.4, -0.2) is 56.1 Å². The van der Waals surface area contributed by atoms with Gasteiger partial charge in [-0.25, -0.2) is 0 Å². The Labute approximate surface area is 176 Å². The van der Waals surface area contributed by atoms with Crippen molar-refractivity contribution in [3.8, 4) is 0 Å². The quantitative estimate of drug-likeness (QED) is 0.585. The van der Waals surface area contributed by atoms with Crippen molar-refractivity contribution >= 4 is 0 Å². The van der Waals surface area contributed by atoms with Crippen molar-refractivity contribution in [1.29, 1.82) is 0 Å². The maximum Gasteiger partial charge on any atom is 0.0731 e. The zero-order chi connectivity index (χ0) is 19.8. The molecule has 0 amide bonds. The molecule has 4 rings (SSSR count). The summed E-state index contributed by atoms with van der Waals surface area (Å²) in [7, 11) is 0. The number of nitrogens with zero attached hydrogens (tertiary/aromatic N) is 1. The van der Waals surface area contributed by atoms with Crippen molar-refractivity contribution < 1.29 is 14.2 Å². The van der Waals surface area contributed by atoms with Gasteiger partial charge < -0.3 is 19.1 Å². The summed E-state index contributed by atoms with van der Waals surface area (Å²) in [6, 6.07) is 10.3. The van der Waals surface area contributed by atoms with Gasteiger partial charge in [0.25, 0.3) is 0 Å². The number of rotatable bonds is 8. The summed E-state index contributed by atoms with van der Waals surface area (Å²) in [5.74, 6) is 0.942. The molecule has 1 saturated carbocycles. The fraction of sp³-hybridized carbons (Fsp3) is 0.760. The zero-order valence-corrected chi connectivity index (χ0v) is 18.0. The Balaban J connectivity index is 1.13. The maximum atomic E-state index is 6.32. The Morgan fingerprint density at radius 2 is 1.76 bits per heavy atom. The summed E-state index contributed by atoms with van der Waals surface area (Å²) < 4.78 is 18.3. The summed E-state index contributed by atoms with van der Waals surface area (Å²) in [6.45, 7) is 6.56. The molecule has 4 nitrogen and oxygen atoms in total. The number of hydrogen-bond donors (Lipinski definition) is 0. The number of benzene rings is 1. The first-order valence-electron chi connectivity index (χ1n) is 11.9. The Kier molecular flexibility index (Phi) is 8.01. The molecule has 0 aromatic heterocycles. The number of piperidine rings is 1. The lowest BCUT2D eigenvalue weighted by molar-refractivity contribution is -0.158. The summed E-state index contributed by atoms with van der Waals surface area (Å²) in [5.41, 5.74) is 1.29. The van der Waals surface area contributed by atoms with E-state index in [1.807, 2.05) is 6.07 Å². The summed E-state index contributed by atoms with van der Waals surface area (Å²) in [5, 5.41) is 0. The van der Waals surface area contributed by atoms with Gasteiger partial charge in [-0.05, 0) is 43.6 Å². The first kappa shape index (κ1) is 21.3. The molecule has 2 heterocycles. The Hall–Kier alpha value is -0.940. The first-order valence-corrected chi connectivity index (χ1v) is 11.9. The Bertz CT molecular complexity index is 579. The van der Waals surface area contributed by atoms with Crippen molar-refractivity contribution in [3.05, 3.63) is 35.9 Å². The maximum absolute atomic E-state index is 6.32. The van der Waals surface area contributed by atoms with Crippen molar-refractivity contribution in [1.82, 2.24) is 4.90 Å². The molecule has 3 fully saturated rings. The minimum Gasteiger partial charge on any atom is -0.376 e. The van der Waals surface area contributed by atoms with Crippen LogP contribution in [0.4, 0.5) is 0 Å². The van der Waals surface area contributed by atoms with E-state index in [9.17, 15) is 0 Å². The molecule has 2 aliphatic heterocycles. The fourth-order valence-electron chi connectivity index (χ4n) is 5.39. The van der Waals surface area contributed by atoms with Crippen molar-refractivity contribution in [2.75, 3.05) is 39.5 Å². The van der Waals surface area contributed by atoms with Crippen LogP contribution in [0.1, 0.15) is 63.4 Å². The molecule has 2 saturated heterocycles. The molecule has 1 aromatic rings. The van der Waals surface area contributed by atoms with E-state index in [1.54, 1.807) is 0 Å². The third-order valence-corrected chi connectivity index (χ3v) is 7.15. The van der Waals surface area contributed by atoms with Crippen LogP contribution in [0.2, 0.25) is 0 Å². The van der Waals surface area contributed by atoms with Gasteiger partial charge in [-0.1, -0.05) is 49.6 Å². The minimum atomic E-state index is 0.0663. The molecule has 3 aliphatic rings. The van der Waals surface area contributed by atoms with E-state index in [0.29, 0.717) is 25.9 Å². The minimum absolute atomic E-state index is 0.0663. The second-order valence-corrected chi connectivity index (χ2v) is 9.36. The van der Waals surface area contributed by atoms with Crippen LogP contribution in [0.15, 0.2) is 30.3 Å². The van der Waals surface area contributed by atoms with Gasteiger partial charge in [-0.15, -0.1) is 0 Å². The molecule has 1 aromatic carbocycles. The van der Waals surface area contributed by atoms with E-state index in [4.69, 9.17) is 14.2 Å². The highest BCUT2D eigenvalue weighted by Gasteiger charge is 2.40. The summed E-state index contributed by atoms with van der Waals surface area (Å²) in [6.07, 6.45) is 12.0. The van der Waals surface area contributed by atoms with Crippen LogP contribution in [0.3, 0.4) is 0 Å². The summed E-state index contributed by atoms with van der Waals surface area (Å²) >= 11 is 0. The van der Waals surface area contributed by atoms with Crippen LogP contribution in [-0.2, 0) is 20.8 Å². The van der Waals surface area contributed by atoms with Crippen molar-refractivity contribution in [2.24, 2.45) is 5.92 Å². The second-order valence-electron chi connectivity index (χ2n) is 9.36. The average molecular weight is 402 g/mol. The molecule has 29 heavy (non-hydrogen) atoms. The normalized spacial score (nSPS) is 26.0. The molecular weight excluding hydrogens is 362 g/mol. The number of likely N-dealkylation sites (tertiary alicyclic amines) is 1. The third kappa shape index (κ3) is 6.52. The number of ether oxygens (including phenoxy) is 3. The largest absolute Gasteiger partial charge is 0.376 e. The van der Waals surface area contributed by atoms with Crippen LogP contribution in [0.25, 0.3) is 0 Å². The number of hydrogen-bond acceptors (Lipinski definition) is 4. The fourth-order valence-corrected chi connectivity index (χ4v) is 5.39. The predicted molar refractivity (Wildman–Crippen MR) is 116 cm³/mol. The molecule has 4 heteroatoms. The van der Waals surface area contributed by atoms with Crippen molar-refractivity contribution in [3.63, 3.8) is 0 Å². The van der Waals surface area contributed by atoms with Gasteiger partial charge in [0.15, 0.2) is 0 Å². The monoisotopic (exact) mass is 401 g/mol. The molecule has 162 valence electrons. The van der Waals surface area contributed by atoms with Crippen LogP contribution < -0.4 is 0 Å². The van der Waals surface area contributed by atoms with Gasteiger partial charge in [0.2, 0.25) is 0 Å². The average Bonchev–Trinajstić information content (AvgIpc) is 2.77. The van der Waals surface area contributed by atoms with E-state index in [2.05, 4.69) is 29.2 Å². The van der Waals surface area contributed by atoms with E-state index in [1.165, 1.54) is 70.1 Å². The zero-order valence-electron chi connectivity index (χ0n) is 18.0. The first-order chi connectivity index (χ1) is 14.3. The van der Waals surface area contributed by atoms with E-state index >= 15 is 0 Å². The van der Waals surface area contributed by atoms with Gasteiger partial charge in [-0.3, -0.25) is 0 Å². The molecule has 0 bridgehead atoms. The van der Waals surface area contributed by atoms with Gasteiger partial charge in [-0.2, -0.15) is 0 Å². The molecule has 0 N–H and O–H groups in total. The van der Waals surface area contributed by atoms with Crippen LogP contribution in [0.5, 0.6) is 0 Å². The molecule has 1 atom stereocenters. The van der Waals surface area contributed by atoms with Crippen LogP contribution >= 0.6 is 0 Å². The summed E-state index contributed by atoms with van der Waals surface area (Å²) in [4.78, 5) is 2.70. The highest BCUT2D eigenvalue weighted by atomic mass is 16.5. The van der Waals surface area contributed by atoms with E-state index in [0.717, 1.165) is 25.4 Å². The van der Waals surface area contributed by atoms with Crippen molar-refractivity contribution in [2.45, 2.75) is 76.1 Å². The third-order valence-electron chi connectivity index (χ3n) is 7.15. The Morgan fingerprint density at radius 3 is 2.55 bits per heavy atom. The lowest BCUT2D eigenvalue weighted by Crippen LogP contribution is -2.51.